The fourth-order valence-corrected chi connectivity index (χ4v) is 4.22. The van der Waals surface area contributed by atoms with Crippen molar-refractivity contribution in [2.75, 3.05) is 0 Å². The van der Waals surface area contributed by atoms with Gasteiger partial charge in [0.1, 0.15) is 30.2 Å². The van der Waals surface area contributed by atoms with Crippen molar-refractivity contribution in [1.29, 1.82) is 0 Å². The number of carboxylic acid groups (broad SMARTS) is 2. The van der Waals surface area contributed by atoms with Gasteiger partial charge in [-0.25, -0.2) is 4.79 Å². The number of carbonyl (C=O) groups is 8. The Bertz CT molecular complexity index is 1290. The summed E-state index contributed by atoms with van der Waals surface area (Å²) in [5, 5.41) is 30.4. The van der Waals surface area contributed by atoms with Gasteiger partial charge in [-0.3, -0.25) is 33.6 Å². The van der Waals surface area contributed by atoms with Crippen molar-refractivity contribution in [3.05, 3.63) is 35.9 Å². The van der Waals surface area contributed by atoms with Crippen molar-refractivity contribution in [2.45, 2.75) is 96.1 Å². The summed E-state index contributed by atoms with van der Waals surface area (Å²) >= 11 is 0. The molecule has 1 rings (SSSR count). The van der Waals surface area contributed by atoms with E-state index in [1.165, 1.54) is 13.8 Å². The molecule has 0 radical (unpaired) electrons. The maximum Gasteiger partial charge on any atom is 0.326 e. The van der Waals surface area contributed by atoms with Gasteiger partial charge in [-0.1, -0.05) is 44.2 Å². The Kier molecular flexibility index (Phi) is 16.5. The molecular weight excluding hydrogens is 618 g/mol. The first kappa shape index (κ1) is 40.0. The summed E-state index contributed by atoms with van der Waals surface area (Å²) in [5.74, 6) is -7.62. The molecule has 260 valence electrons. The van der Waals surface area contributed by atoms with Crippen LogP contribution in [0.5, 0.6) is 0 Å². The Hall–Kier alpha value is -5.06. The number of amides is 6. The minimum absolute atomic E-state index is 0.0219. The molecule has 0 aliphatic heterocycles. The van der Waals surface area contributed by atoms with Gasteiger partial charge in [-0.05, 0) is 38.2 Å². The van der Waals surface area contributed by atoms with Crippen molar-refractivity contribution in [3.8, 4) is 0 Å². The van der Waals surface area contributed by atoms with Crippen LogP contribution in [-0.2, 0) is 44.8 Å². The van der Waals surface area contributed by atoms with E-state index in [9.17, 15) is 43.5 Å². The zero-order valence-electron chi connectivity index (χ0n) is 26.8. The predicted octanol–water partition coefficient (Wildman–Crippen LogP) is -2.11. The summed E-state index contributed by atoms with van der Waals surface area (Å²) in [6.07, 6.45) is -1.14. The SMILES string of the molecule is CC(C)C[C@H](NC(=O)[C@H](Cc1ccccc1)NC(=O)[C@H](C)NC(=O)[C@H](C)NC(=O)[C@H](CCC(N)=O)NC(=O)[C@@H](N)CC(=O)O)C(=O)O. The molecular formula is C30H45N7O10. The minimum Gasteiger partial charge on any atom is -0.481 e. The van der Waals surface area contributed by atoms with Gasteiger partial charge in [0.15, 0.2) is 0 Å². The summed E-state index contributed by atoms with van der Waals surface area (Å²) in [4.78, 5) is 98.2. The molecule has 0 spiro atoms. The summed E-state index contributed by atoms with van der Waals surface area (Å²) in [6.45, 7) is 6.22. The average Bonchev–Trinajstić information content (AvgIpc) is 2.97. The molecule has 47 heavy (non-hydrogen) atoms. The average molecular weight is 664 g/mol. The molecule has 6 amide bonds. The van der Waals surface area contributed by atoms with Gasteiger partial charge < -0.3 is 48.3 Å². The van der Waals surface area contributed by atoms with E-state index in [2.05, 4.69) is 26.6 Å². The fourth-order valence-electron chi connectivity index (χ4n) is 4.22. The smallest absolute Gasteiger partial charge is 0.326 e. The molecule has 6 atom stereocenters. The normalized spacial score (nSPS) is 14.7. The van der Waals surface area contributed by atoms with Crippen molar-refractivity contribution in [2.24, 2.45) is 17.4 Å². The monoisotopic (exact) mass is 663 g/mol. The molecule has 0 aromatic heterocycles. The number of benzene rings is 1. The molecule has 1 aromatic rings. The van der Waals surface area contributed by atoms with E-state index in [1.807, 2.05) is 0 Å². The lowest BCUT2D eigenvalue weighted by Gasteiger charge is -2.25. The van der Waals surface area contributed by atoms with Crippen LogP contribution in [0.25, 0.3) is 0 Å². The molecule has 1 aromatic carbocycles. The topological polar surface area (TPSA) is 289 Å². The molecule has 0 heterocycles. The number of carbonyl (C=O) groups excluding carboxylic acids is 6. The van der Waals surface area contributed by atoms with Gasteiger partial charge in [-0.2, -0.15) is 0 Å². The third kappa shape index (κ3) is 15.2. The van der Waals surface area contributed by atoms with E-state index in [-0.39, 0.29) is 31.6 Å². The summed E-state index contributed by atoms with van der Waals surface area (Å²) in [6, 6.07) is 0.917. The van der Waals surface area contributed by atoms with Crippen molar-refractivity contribution in [1.82, 2.24) is 26.6 Å². The zero-order chi connectivity index (χ0) is 35.8. The maximum absolute atomic E-state index is 13.2. The quantitative estimate of drug-likeness (QED) is 0.0727. The Morgan fingerprint density at radius 2 is 1.17 bits per heavy atom. The van der Waals surface area contributed by atoms with Crippen LogP contribution in [0.1, 0.15) is 58.9 Å². The second-order valence-electron chi connectivity index (χ2n) is 11.5. The summed E-state index contributed by atoms with van der Waals surface area (Å²) < 4.78 is 0. The molecule has 0 saturated carbocycles. The van der Waals surface area contributed by atoms with E-state index in [1.54, 1.807) is 44.2 Å². The van der Waals surface area contributed by atoms with E-state index >= 15 is 0 Å². The third-order valence-electron chi connectivity index (χ3n) is 6.79. The van der Waals surface area contributed by atoms with Gasteiger partial charge in [0, 0.05) is 12.8 Å². The van der Waals surface area contributed by atoms with Crippen LogP contribution in [0, 0.1) is 5.92 Å². The number of hydrogen-bond donors (Lipinski definition) is 9. The van der Waals surface area contributed by atoms with Gasteiger partial charge >= 0.3 is 11.9 Å². The molecule has 0 aliphatic rings. The van der Waals surface area contributed by atoms with Crippen LogP contribution in [-0.4, -0.2) is 93.8 Å². The number of carboxylic acids is 2. The predicted molar refractivity (Wildman–Crippen MR) is 167 cm³/mol. The van der Waals surface area contributed by atoms with Crippen LogP contribution in [0.4, 0.5) is 0 Å². The highest BCUT2D eigenvalue weighted by atomic mass is 16.4. The van der Waals surface area contributed by atoms with E-state index in [0.29, 0.717) is 5.56 Å². The second kappa shape index (κ2) is 19.5. The Morgan fingerprint density at radius 3 is 1.68 bits per heavy atom. The van der Waals surface area contributed by atoms with Gasteiger partial charge in [0.05, 0.1) is 12.5 Å². The number of nitrogens with two attached hydrogens (primary N) is 2. The maximum atomic E-state index is 13.2. The zero-order valence-corrected chi connectivity index (χ0v) is 26.8. The van der Waals surface area contributed by atoms with Crippen LogP contribution >= 0.6 is 0 Å². The molecule has 0 fully saturated rings. The number of hydrogen-bond acceptors (Lipinski definition) is 9. The van der Waals surface area contributed by atoms with E-state index in [0.717, 1.165) is 0 Å². The highest BCUT2D eigenvalue weighted by Gasteiger charge is 2.31. The largest absolute Gasteiger partial charge is 0.481 e. The number of nitrogens with one attached hydrogen (secondary N) is 5. The lowest BCUT2D eigenvalue weighted by atomic mass is 10.0. The number of rotatable bonds is 20. The van der Waals surface area contributed by atoms with E-state index in [4.69, 9.17) is 16.6 Å². The molecule has 11 N–H and O–H groups in total. The summed E-state index contributed by atoms with van der Waals surface area (Å²) in [7, 11) is 0. The molecule has 17 nitrogen and oxygen atoms in total. The van der Waals surface area contributed by atoms with Gasteiger partial charge in [0.25, 0.3) is 0 Å². The van der Waals surface area contributed by atoms with Gasteiger partial charge in [-0.15, -0.1) is 0 Å². The first-order valence-electron chi connectivity index (χ1n) is 14.9. The standard InChI is InChI=1S/C30H45N7O10/c1-15(2)12-22(30(46)47)37-29(45)21(13-18-8-6-5-7-9-18)36-26(42)17(4)33-25(41)16(3)34-28(44)20(10-11-23(32)38)35-27(43)19(31)14-24(39)40/h5-9,15-17,19-22H,10-14,31H2,1-4H3,(H2,32,38)(H,33,41)(H,34,44)(H,35,43)(H,36,42)(H,37,45)(H,39,40)(H,46,47)/t16-,17-,19-,20-,21-,22-/m0/s1. The number of primary amides is 1. The van der Waals surface area contributed by atoms with Crippen LogP contribution < -0.4 is 38.1 Å². The lowest BCUT2D eigenvalue weighted by Crippen LogP contribution is -2.58. The first-order chi connectivity index (χ1) is 21.9. The van der Waals surface area contributed by atoms with Crippen molar-refractivity contribution >= 4 is 47.4 Å². The van der Waals surface area contributed by atoms with Gasteiger partial charge in [0.2, 0.25) is 35.4 Å². The molecule has 17 heteroatoms. The fraction of sp³-hybridized carbons (Fsp3) is 0.533. The van der Waals surface area contributed by atoms with Crippen LogP contribution in [0.15, 0.2) is 30.3 Å². The molecule has 0 bridgehead atoms. The Labute approximate surface area is 271 Å². The first-order valence-corrected chi connectivity index (χ1v) is 14.9. The Morgan fingerprint density at radius 1 is 0.681 bits per heavy atom. The highest BCUT2D eigenvalue weighted by Crippen LogP contribution is 2.08. The molecule has 0 aliphatic carbocycles. The minimum atomic E-state index is -1.49. The molecule has 0 saturated heterocycles. The Balaban J connectivity index is 2.96. The number of aliphatic carboxylic acids is 2. The third-order valence-corrected chi connectivity index (χ3v) is 6.79. The summed E-state index contributed by atoms with van der Waals surface area (Å²) in [5.41, 5.74) is 11.4. The van der Waals surface area contributed by atoms with Crippen LogP contribution in [0.3, 0.4) is 0 Å². The molecule has 0 unspecified atom stereocenters. The lowest BCUT2D eigenvalue weighted by molar-refractivity contribution is -0.142. The van der Waals surface area contributed by atoms with Crippen molar-refractivity contribution in [3.63, 3.8) is 0 Å². The van der Waals surface area contributed by atoms with Crippen molar-refractivity contribution < 1.29 is 48.6 Å². The van der Waals surface area contributed by atoms with Crippen LogP contribution in [0.2, 0.25) is 0 Å². The van der Waals surface area contributed by atoms with E-state index < -0.39 is 90.1 Å². The highest BCUT2D eigenvalue weighted by molar-refractivity contribution is 5.96. The second-order valence-corrected chi connectivity index (χ2v) is 11.5.